The van der Waals surface area contributed by atoms with Crippen molar-refractivity contribution in [2.45, 2.75) is 131 Å². The Morgan fingerprint density at radius 1 is 1.18 bits per heavy atom. The second kappa shape index (κ2) is 10.6. The van der Waals surface area contributed by atoms with Crippen LogP contribution in [0.5, 0.6) is 0 Å². The summed E-state index contributed by atoms with van der Waals surface area (Å²) in [6.07, 6.45) is 14.0. The largest absolute Gasteiger partial charge is 0.491 e. The average Bonchev–Trinajstić information content (AvgIpc) is 3.27. The molecule has 0 bridgehead atoms. The van der Waals surface area contributed by atoms with E-state index in [1.807, 2.05) is 6.92 Å². The first-order valence-electron chi connectivity index (χ1n) is 15.9. The van der Waals surface area contributed by atoms with Crippen LogP contribution in [0.3, 0.4) is 0 Å². The van der Waals surface area contributed by atoms with Crippen molar-refractivity contribution in [2.24, 2.45) is 40.4 Å². The molecule has 3 saturated carbocycles. The Labute approximate surface area is 236 Å². The number of ether oxygens (including phenoxy) is 2. The lowest BCUT2D eigenvalue weighted by molar-refractivity contribution is -0.151. The van der Waals surface area contributed by atoms with Gasteiger partial charge in [-0.25, -0.2) is 0 Å². The highest BCUT2D eigenvalue weighted by atomic mass is 16.5. The molecule has 1 amide bonds. The molecule has 218 valence electrons. The number of hydrogen-bond acceptors (Lipinski definition) is 4. The van der Waals surface area contributed by atoms with E-state index >= 15 is 0 Å². The van der Waals surface area contributed by atoms with Gasteiger partial charge in [-0.3, -0.25) is 9.59 Å². The average molecular weight is 540 g/mol. The number of nitrogens with one attached hydrogen (secondary N) is 1. The molecule has 0 saturated heterocycles. The topological polar surface area (TPSA) is 64.6 Å². The molecule has 1 N–H and O–H groups in total. The maximum Gasteiger partial charge on any atom is 0.306 e. The number of esters is 1. The highest BCUT2D eigenvalue weighted by Crippen LogP contribution is 2.71. The molecular formula is C34H53NO4. The van der Waals surface area contributed by atoms with Gasteiger partial charge in [0.05, 0.1) is 5.76 Å². The zero-order valence-corrected chi connectivity index (χ0v) is 25.7. The molecule has 4 aliphatic carbocycles. The SMILES string of the molecule is CCCC(=O)OC1CC[C@@]2(C)C(=CCC3C4CC5(C)OC(CCC(C)CNC(C)=O)=C(C)C5[C@@]4(C)CCC32)C1. The summed E-state index contributed by atoms with van der Waals surface area (Å²) < 4.78 is 12.8. The third kappa shape index (κ3) is 4.99. The molecule has 3 fully saturated rings. The molecule has 7 unspecified atom stereocenters. The van der Waals surface area contributed by atoms with Crippen LogP contribution in [0, 0.1) is 40.4 Å². The first-order chi connectivity index (χ1) is 18.4. The molecule has 9 atom stereocenters. The van der Waals surface area contributed by atoms with Gasteiger partial charge in [0, 0.05) is 38.6 Å². The van der Waals surface area contributed by atoms with Crippen molar-refractivity contribution in [3.8, 4) is 0 Å². The van der Waals surface area contributed by atoms with Crippen LogP contribution < -0.4 is 5.32 Å². The lowest BCUT2D eigenvalue weighted by Gasteiger charge is -2.58. The van der Waals surface area contributed by atoms with Gasteiger partial charge in [-0.1, -0.05) is 39.3 Å². The molecule has 5 aliphatic rings. The lowest BCUT2D eigenvalue weighted by atomic mass is 9.47. The summed E-state index contributed by atoms with van der Waals surface area (Å²) in [6, 6.07) is 0. The van der Waals surface area contributed by atoms with Crippen LogP contribution in [0.15, 0.2) is 23.0 Å². The van der Waals surface area contributed by atoms with Gasteiger partial charge in [0.15, 0.2) is 0 Å². The van der Waals surface area contributed by atoms with E-state index in [1.54, 1.807) is 12.5 Å². The molecule has 0 aromatic rings. The van der Waals surface area contributed by atoms with Gasteiger partial charge >= 0.3 is 5.97 Å². The fraction of sp³-hybridized carbons (Fsp3) is 0.824. The molecule has 0 aromatic heterocycles. The van der Waals surface area contributed by atoms with E-state index in [2.05, 4.69) is 46.0 Å². The molecule has 1 heterocycles. The number of fused-ring (bicyclic) bond motifs is 7. The summed E-state index contributed by atoms with van der Waals surface area (Å²) in [5.74, 6) is 4.34. The van der Waals surface area contributed by atoms with Gasteiger partial charge in [-0.05, 0) is 105 Å². The Bertz CT molecular complexity index is 1050. The van der Waals surface area contributed by atoms with Crippen LogP contribution in [-0.4, -0.2) is 30.1 Å². The summed E-state index contributed by atoms with van der Waals surface area (Å²) in [5.41, 5.74) is 3.51. The standard InChI is InChI=1S/C34H53NO4/c1-8-9-30(37)38-25-14-16-32(5)24(18-25)11-12-26-27(32)15-17-33(6)28(26)19-34(7)31(33)22(3)29(39-34)13-10-21(2)20-35-23(4)36/h11,21,25-28,31H,8-10,12-20H2,1-7H3,(H,35,36)/t21?,25?,26?,27?,28?,31?,32-,33-,34?/m0/s1. The smallest absolute Gasteiger partial charge is 0.306 e. The fourth-order valence-corrected chi connectivity index (χ4v) is 10.1. The minimum Gasteiger partial charge on any atom is -0.491 e. The van der Waals surface area contributed by atoms with Crippen molar-refractivity contribution in [2.75, 3.05) is 6.54 Å². The minimum atomic E-state index is -0.0926. The van der Waals surface area contributed by atoms with Crippen molar-refractivity contribution in [3.63, 3.8) is 0 Å². The third-order valence-corrected chi connectivity index (χ3v) is 11.9. The molecule has 39 heavy (non-hydrogen) atoms. The first-order valence-corrected chi connectivity index (χ1v) is 15.9. The van der Waals surface area contributed by atoms with E-state index in [4.69, 9.17) is 9.47 Å². The Kier molecular flexibility index (Phi) is 7.78. The number of allylic oxidation sites excluding steroid dienone is 2. The normalized spacial score (nSPS) is 41.4. The Morgan fingerprint density at radius 3 is 2.67 bits per heavy atom. The third-order valence-electron chi connectivity index (χ3n) is 11.9. The highest BCUT2D eigenvalue weighted by Gasteiger charge is 2.67. The molecule has 0 spiro atoms. The number of carbonyl (C=O) groups excluding carboxylic acids is 2. The molecule has 0 radical (unpaired) electrons. The fourth-order valence-electron chi connectivity index (χ4n) is 10.1. The maximum absolute atomic E-state index is 12.2. The summed E-state index contributed by atoms with van der Waals surface area (Å²) in [7, 11) is 0. The summed E-state index contributed by atoms with van der Waals surface area (Å²) in [5, 5.41) is 2.96. The van der Waals surface area contributed by atoms with E-state index < -0.39 is 0 Å². The molecule has 0 aromatic carbocycles. The van der Waals surface area contributed by atoms with Crippen LogP contribution in [0.1, 0.15) is 119 Å². The van der Waals surface area contributed by atoms with Crippen LogP contribution >= 0.6 is 0 Å². The van der Waals surface area contributed by atoms with Gasteiger partial charge in [-0.2, -0.15) is 0 Å². The van der Waals surface area contributed by atoms with Gasteiger partial charge < -0.3 is 14.8 Å². The number of hydrogen-bond donors (Lipinski definition) is 1. The van der Waals surface area contributed by atoms with Crippen molar-refractivity contribution in [1.82, 2.24) is 5.32 Å². The Morgan fingerprint density at radius 2 is 1.95 bits per heavy atom. The number of amides is 1. The van der Waals surface area contributed by atoms with Crippen LogP contribution in [0.2, 0.25) is 0 Å². The minimum absolute atomic E-state index is 0.0236. The van der Waals surface area contributed by atoms with E-state index in [0.29, 0.717) is 24.2 Å². The van der Waals surface area contributed by atoms with Crippen molar-refractivity contribution >= 4 is 11.9 Å². The number of rotatable bonds is 8. The predicted molar refractivity (Wildman–Crippen MR) is 155 cm³/mol. The second-order valence-electron chi connectivity index (χ2n) is 14.6. The van der Waals surface area contributed by atoms with Crippen molar-refractivity contribution in [3.05, 3.63) is 23.0 Å². The van der Waals surface area contributed by atoms with Crippen LogP contribution in [-0.2, 0) is 19.1 Å². The van der Waals surface area contributed by atoms with Gasteiger partial charge in [-0.15, -0.1) is 0 Å². The highest BCUT2D eigenvalue weighted by molar-refractivity contribution is 5.72. The molecule has 5 heteroatoms. The second-order valence-corrected chi connectivity index (χ2v) is 14.6. The van der Waals surface area contributed by atoms with E-state index in [-0.39, 0.29) is 34.4 Å². The van der Waals surface area contributed by atoms with E-state index in [1.165, 1.54) is 30.6 Å². The molecule has 5 nitrogen and oxygen atoms in total. The number of carbonyl (C=O) groups is 2. The monoisotopic (exact) mass is 539 g/mol. The lowest BCUT2D eigenvalue weighted by Crippen LogP contribution is -2.50. The zero-order chi connectivity index (χ0) is 28.2. The first kappa shape index (κ1) is 28.7. The maximum atomic E-state index is 12.2. The summed E-state index contributed by atoms with van der Waals surface area (Å²) >= 11 is 0. The van der Waals surface area contributed by atoms with Crippen LogP contribution in [0.25, 0.3) is 0 Å². The van der Waals surface area contributed by atoms with Crippen molar-refractivity contribution < 1.29 is 19.1 Å². The van der Waals surface area contributed by atoms with Gasteiger partial charge in [0.25, 0.3) is 0 Å². The molecule has 5 rings (SSSR count). The quantitative estimate of drug-likeness (QED) is 0.256. The summed E-state index contributed by atoms with van der Waals surface area (Å²) in [4.78, 5) is 23.5. The van der Waals surface area contributed by atoms with Crippen LogP contribution in [0.4, 0.5) is 0 Å². The summed E-state index contributed by atoms with van der Waals surface area (Å²) in [6.45, 7) is 16.5. The van der Waals surface area contributed by atoms with E-state index in [9.17, 15) is 9.59 Å². The Hall–Kier alpha value is -1.78. The van der Waals surface area contributed by atoms with Gasteiger partial charge in [0.2, 0.25) is 5.91 Å². The van der Waals surface area contributed by atoms with Crippen molar-refractivity contribution in [1.29, 1.82) is 0 Å². The van der Waals surface area contributed by atoms with E-state index in [0.717, 1.165) is 63.3 Å². The zero-order valence-electron chi connectivity index (χ0n) is 25.7. The molecular weight excluding hydrogens is 486 g/mol. The molecule has 1 aliphatic heterocycles. The Balaban J connectivity index is 1.30. The predicted octanol–water partition coefficient (Wildman–Crippen LogP) is 7.50. The van der Waals surface area contributed by atoms with Gasteiger partial charge in [0.1, 0.15) is 11.7 Å².